The highest BCUT2D eigenvalue weighted by Gasteiger charge is 2.10. The van der Waals surface area contributed by atoms with Crippen molar-refractivity contribution in [3.63, 3.8) is 0 Å². The van der Waals surface area contributed by atoms with Gasteiger partial charge >= 0.3 is 0 Å². The summed E-state index contributed by atoms with van der Waals surface area (Å²) >= 11 is 1.80. The third-order valence-corrected chi connectivity index (χ3v) is 3.88. The topological polar surface area (TPSA) is 50.9 Å². The number of aryl methyl sites for hydroxylation is 1. The molecule has 0 saturated heterocycles. The smallest absolute Gasteiger partial charge is 0.111 e. The van der Waals surface area contributed by atoms with Crippen LogP contribution in [0.15, 0.2) is 18.3 Å². The summed E-state index contributed by atoms with van der Waals surface area (Å²) in [5.74, 6) is 0. The molecule has 92 valence electrons. The fourth-order valence-electron chi connectivity index (χ4n) is 1.61. The fourth-order valence-corrected chi connectivity index (χ4v) is 2.56. The lowest BCUT2D eigenvalue weighted by atomic mass is 10.2. The molecular weight excluding hydrogens is 234 g/mol. The predicted molar refractivity (Wildman–Crippen MR) is 68.1 cm³/mol. The summed E-state index contributed by atoms with van der Waals surface area (Å²) in [6.45, 7) is 4.81. The largest absolute Gasteiger partial charge is 0.387 e. The zero-order valence-electron chi connectivity index (χ0n) is 10.1. The molecule has 2 aromatic rings. The molecule has 0 amide bonds. The highest BCUT2D eigenvalue weighted by Crippen LogP contribution is 2.18. The minimum atomic E-state index is -0.502. The van der Waals surface area contributed by atoms with Crippen LogP contribution < -0.4 is 0 Å². The van der Waals surface area contributed by atoms with Crippen molar-refractivity contribution in [1.29, 1.82) is 0 Å². The van der Waals surface area contributed by atoms with Gasteiger partial charge in [0, 0.05) is 9.75 Å². The Morgan fingerprint density at radius 1 is 1.35 bits per heavy atom. The summed E-state index contributed by atoms with van der Waals surface area (Å²) in [5.41, 5.74) is 0.653. The van der Waals surface area contributed by atoms with Crippen molar-refractivity contribution in [3.05, 3.63) is 33.8 Å². The van der Waals surface area contributed by atoms with Crippen molar-refractivity contribution in [2.45, 2.75) is 39.3 Å². The van der Waals surface area contributed by atoms with Gasteiger partial charge in [-0.3, -0.25) is 0 Å². The van der Waals surface area contributed by atoms with Gasteiger partial charge in [0.2, 0.25) is 0 Å². The van der Waals surface area contributed by atoms with Crippen molar-refractivity contribution < 1.29 is 5.11 Å². The zero-order chi connectivity index (χ0) is 12.3. The maximum absolute atomic E-state index is 9.64. The quantitative estimate of drug-likeness (QED) is 0.887. The molecule has 0 spiro atoms. The van der Waals surface area contributed by atoms with Crippen LogP contribution in [0.1, 0.15) is 41.8 Å². The van der Waals surface area contributed by atoms with Gasteiger partial charge in [0.1, 0.15) is 5.69 Å². The molecule has 4 nitrogen and oxygen atoms in total. The van der Waals surface area contributed by atoms with Gasteiger partial charge in [0.25, 0.3) is 0 Å². The molecular formula is C12H17N3OS. The molecule has 0 aliphatic heterocycles. The molecule has 0 aliphatic rings. The number of hydrogen-bond acceptors (Lipinski definition) is 4. The SMILES string of the molecule is CCc1ccc(Cn2cc(C(O)CC)nn2)s1. The molecule has 1 N–H and O–H groups in total. The van der Waals surface area contributed by atoms with Gasteiger partial charge in [-0.2, -0.15) is 0 Å². The average molecular weight is 251 g/mol. The first-order chi connectivity index (χ1) is 8.22. The summed E-state index contributed by atoms with van der Waals surface area (Å²) in [5, 5.41) is 17.6. The molecule has 1 unspecified atom stereocenters. The van der Waals surface area contributed by atoms with Gasteiger partial charge < -0.3 is 5.11 Å². The number of aliphatic hydroxyl groups excluding tert-OH is 1. The van der Waals surface area contributed by atoms with Crippen molar-refractivity contribution >= 4 is 11.3 Å². The summed E-state index contributed by atoms with van der Waals surface area (Å²) in [6, 6.07) is 4.28. The second-order valence-corrected chi connectivity index (χ2v) is 5.24. The Morgan fingerprint density at radius 2 is 2.12 bits per heavy atom. The number of rotatable bonds is 5. The standard InChI is InChI=1S/C12H17N3OS/c1-3-9-5-6-10(17-9)7-15-8-11(13-14-15)12(16)4-2/h5-6,8,12,16H,3-4,7H2,1-2H3. The van der Waals surface area contributed by atoms with E-state index in [2.05, 4.69) is 29.4 Å². The van der Waals surface area contributed by atoms with Crippen LogP contribution in [0, 0.1) is 0 Å². The van der Waals surface area contributed by atoms with Crippen molar-refractivity contribution in [2.75, 3.05) is 0 Å². The summed E-state index contributed by atoms with van der Waals surface area (Å²) in [7, 11) is 0. The Labute approximate surface area is 105 Å². The lowest BCUT2D eigenvalue weighted by molar-refractivity contribution is 0.168. The molecule has 2 aromatic heterocycles. The highest BCUT2D eigenvalue weighted by molar-refractivity contribution is 7.11. The molecule has 1 atom stereocenters. The van der Waals surface area contributed by atoms with Crippen molar-refractivity contribution in [3.8, 4) is 0 Å². The first kappa shape index (κ1) is 12.3. The van der Waals surface area contributed by atoms with Gasteiger partial charge in [0.15, 0.2) is 0 Å². The van der Waals surface area contributed by atoms with E-state index in [9.17, 15) is 5.11 Å². The summed E-state index contributed by atoms with van der Waals surface area (Å²) in [6.07, 6.45) is 3.05. The summed E-state index contributed by atoms with van der Waals surface area (Å²) in [4.78, 5) is 2.65. The Balaban J connectivity index is 2.06. The van der Waals surface area contributed by atoms with Crippen LogP contribution in [0.4, 0.5) is 0 Å². The second-order valence-electron chi connectivity index (χ2n) is 3.99. The maximum atomic E-state index is 9.64. The maximum Gasteiger partial charge on any atom is 0.111 e. The number of hydrogen-bond donors (Lipinski definition) is 1. The first-order valence-electron chi connectivity index (χ1n) is 5.88. The van der Waals surface area contributed by atoms with E-state index < -0.39 is 6.10 Å². The van der Waals surface area contributed by atoms with Crippen LogP contribution in [0.25, 0.3) is 0 Å². The summed E-state index contributed by atoms with van der Waals surface area (Å²) < 4.78 is 1.78. The molecule has 5 heteroatoms. The van der Waals surface area contributed by atoms with Gasteiger partial charge in [-0.15, -0.1) is 16.4 Å². The van der Waals surface area contributed by atoms with E-state index in [0.29, 0.717) is 12.1 Å². The molecule has 2 heterocycles. The van der Waals surface area contributed by atoms with Crippen LogP contribution in [-0.2, 0) is 13.0 Å². The fraction of sp³-hybridized carbons (Fsp3) is 0.500. The predicted octanol–water partition coefficient (Wildman–Crippen LogP) is 2.39. The molecule has 2 rings (SSSR count). The average Bonchev–Trinajstić information content (AvgIpc) is 2.97. The van der Waals surface area contributed by atoms with Crippen LogP contribution in [0.2, 0.25) is 0 Å². The number of aromatic nitrogens is 3. The van der Waals surface area contributed by atoms with E-state index in [-0.39, 0.29) is 0 Å². The molecule has 0 saturated carbocycles. The van der Waals surface area contributed by atoms with Crippen LogP contribution in [0.5, 0.6) is 0 Å². The number of nitrogens with zero attached hydrogens (tertiary/aromatic N) is 3. The van der Waals surface area contributed by atoms with Crippen LogP contribution in [-0.4, -0.2) is 20.1 Å². The Kier molecular flexibility index (Phi) is 3.91. The minimum Gasteiger partial charge on any atom is -0.387 e. The number of aliphatic hydroxyl groups is 1. The third-order valence-electron chi connectivity index (χ3n) is 2.67. The Morgan fingerprint density at radius 3 is 2.76 bits per heavy atom. The molecule has 0 aromatic carbocycles. The lowest BCUT2D eigenvalue weighted by Crippen LogP contribution is -1.98. The van der Waals surface area contributed by atoms with Crippen molar-refractivity contribution in [1.82, 2.24) is 15.0 Å². The molecule has 17 heavy (non-hydrogen) atoms. The van der Waals surface area contributed by atoms with Gasteiger partial charge in [-0.05, 0) is 25.0 Å². The molecule has 0 aliphatic carbocycles. The monoisotopic (exact) mass is 251 g/mol. The van der Waals surface area contributed by atoms with Crippen LogP contribution in [0.3, 0.4) is 0 Å². The number of thiophene rings is 1. The Hall–Kier alpha value is -1.20. The lowest BCUT2D eigenvalue weighted by Gasteiger charge is -2.00. The molecule has 0 bridgehead atoms. The van der Waals surface area contributed by atoms with Gasteiger partial charge in [-0.25, -0.2) is 4.68 Å². The van der Waals surface area contributed by atoms with Crippen molar-refractivity contribution in [2.24, 2.45) is 0 Å². The van der Waals surface area contributed by atoms with E-state index in [4.69, 9.17) is 0 Å². The third kappa shape index (κ3) is 2.92. The molecule has 0 fully saturated rings. The normalized spacial score (nSPS) is 12.9. The second kappa shape index (κ2) is 5.42. The van der Waals surface area contributed by atoms with Gasteiger partial charge in [0.05, 0.1) is 18.8 Å². The highest BCUT2D eigenvalue weighted by atomic mass is 32.1. The van der Waals surface area contributed by atoms with E-state index in [1.807, 2.05) is 13.1 Å². The van der Waals surface area contributed by atoms with Crippen LogP contribution >= 0.6 is 11.3 Å². The Bertz CT molecular complexity index is 478. The first-order valence-corrected chi connectivity index (χ1v) is 6.70. The van der Waals surface area contributed by atoms with E-state index >= 15 is 0 Å². The zero-order valence-corrected chi connectivity index (χ0v) is 10.9. The molecule has 0 radical (unpaired) electrons. The van der Waals surface area contributed by atoms with E-state index in [1.165, 1.54) is 9.75 Å². The van der Waals surface area contributed by atoms with E-state index in [0.717, 1.165) is 13.0 Å². The minimum absolute atomic E-state index is 0.502. The van der Waals surface area contributed by atoms with Gasteiger partial charge in [-0.1, -0.05) is 19.1 Å². The van der Waals surface area contributed by atoms with E-state index in [1.54, 1.807) is 16.0 Å².